The highest BCUT2D eigenvalue weighted by Crippen LogP contribution is 2.31. The van der Waals surface area contributed by atoms with Crippen molar-refractivity contribution in [3.8, 4) is 5.75 Å². The third-order valence-corrected chi connectivity index (χ3v) is 5.58. The monoisotopic (exact) mass is 418 g/mol. The number of nitrogens with one attached hydrogen (secondary N) is 1. The van der Waals surface area contributed by atoms with Crippen LogP contribution in [0.15, 0.2) is 54.7 Å². The summed E-state index contributed by atoms with van der Waals surface area (Å²) in [5.41, 5.74) is 4.08. The first-order chi connectivity index (χ1) is 15.1. The van der Waals surface area contributed by atoms with Crippen LogP contribution in [0.5, 0.6) is 5.75 Å². The van der Waals surface area contributed by atoms with Gasteiger partial charge >= 0.3 is 5.97 Å². The second-order valence-corrected chi connectivity index (χ2v) is 7.48. The minimum atomic E-state index is -0.358. The van der Waals surface area contributed by atoms with E-state index in [1.807, 2.05) is 29.3 Å². The maximum absolute atomic E-state index is 12.7. The lowest BCUT2D eigenvalue weighted by Gasteiger charge is -2.19. The summed E-state index contributed by atoms with van der Waals surface area (Å²) in [6.07, 6.45) is 2.96. The number of fused-ring (bicyclic) bond motifs is 3. The van der Waals surface area contributed by atoms with Gasteiger partial charge in [-0.25, -0.2) is 4.79 Å². The van der Waals surface area contributed by atoms with Crippen LogP contribution in [-0.2, 0) is 16.0 Å². The van der Waals surface area contributed by atoms with Gasteiger partial charge in [-0.1, -0.05) is 18.2 Å². The fourth-order valence-corrected chi connectivity index (χ4v) is 3.96. The topological polar surface area (TPSA) is 71.6 Å². The van der Waals surface area contributed by atoms with Gasteiger partial charge in [-0.3, -0.25) is 4.79 Å². The van der Waals surface area contributed by atoms with Crippen molar-refractivity contribution in [1.29, 1.82) is 0 Å². The Morgan fingerprint density at radius 2 is 1.87 bits per heavy atom. The largest absolute Gasteiger partial charge is 0.497 e. The second kappa shape index (κ2) is 9.08. The maximum atomic E-state index is 12.7. The van der Waals surface area contributed by atoms with E-state index >= 15 is 0 Å². The van der Waals surface area contributed by atoms with Crippen molar-refractivity contribution in [1.82, 2.24) is 9.88 Å². The molecule has 0 amide bonds. The Hall–Kier alpha value is -3.54. The number of carbonyl (C=O) groups is 2. The average Bonchev–Trinajstić information content (AvgIpc) is 3.06. The number of carbonyl (C=O) groups excluding carboxylic acids is 2. The summed E-state index contributed by atoms with van der Waals surface area (Å²) in [7, 11) is 1.60. The Labute approximate surface area is 181 Å². The number of methoxy groups -OCH3 is 1. The predicted octanol–water partition coefficient (Wildman–Crippen LogP) is 4.21. The van der Waals surface area contributed by atoms with Crippen LogP contribution in [0.3, 0.4) is 0 Å². The quantitative estimate of drug-likeness (QED) is 0.460. The number of ketones is 1. The first-order valence-corrected chi connectivity index (χ1v) is 10.5. The smallest absolute Gasteiger partial charge is 0.341 e. The zero-order chi connectivity index (χ0) is 21.8. The number of esters is 1. The number of nitrogens with zero attached hydrogens (tertiary/aromatic N) is 1. The van der Waals surface area contributed by atoms with Gasteiger partial charge in [0.15, 0.2) is 5.78 Å². The molecule has 0 unspecified atom stereocenters. The lowest BCUT2D eigenvalue weighted by Crippen LogP contribution is -2.23. The summed E-state index contributed by atoms with van der Waals surface area (Å²) in [5, 5.41) is 1.11. The van der Waals surface area contributed by atoms with Gasteiger partial charge in [0.1, 0.15) is 5.75 Å². The summed E-state index contributed by atoms with van der Waals surface area (Å²) >= 11 is 0. The van der Waals surface area contributed by atoms with Crippen molar-refractivity contribution < 1.29 is 19.1 Å². The van der Waals surface area contributed by atoms with Gasteiger partial charge in [0.2, 0.25) is 0 Å². The summed E-state index contributed by atoms with van der Waals surface area (Å²) in [5.74, 6) is 0.421. The van der Waals surface area contributed by atoms with Gasteiger partial charge in [0, 0.05) is 42.2 Å². The molecule has 6 nitrogen and oxygen atoms in total. The minimum Gasteiger partial charge on any atom is -0.497 e. The Morgan fingerprint density at radius 3 is 2.61 bits per heavy atom. The van der Waals surface area contributed by atoms with Gasteiger partial charge in [0.25, 0.3) is 0 Å². The fraction of sp³-hybridized carbons (Fsp3) is 0.280. The lowest BCUT2D eigenvalue weighted by atomic mass is 10.0. The van der Waals surface area contributed by atoms with Crippen LogP contribution in [0.1, 0.15) is 35.0 Å². The molecule has 0 saturated heterocycles. The van der Waals surface area contributed by atoms with Crippen molar-refractivity contribution in [2.24, 2.45) is 0 Å². The molecule has 0 radical (unpaired) electrons. The number of benzene rings is 2. The van der Waals surface area contributed by atoms with Gasteiger partial charge in [-0.05, 0) is 49.2 Å². The van der Waals surface area contributed by atoms with Gasteiger partial charge < -0.3 is 19.4 Å². The molecule has 0 atom stereocenters. The molecule has 1 aliphatic heterocycles. The molecule has 1 N–H and O–H groups in total. The number of hydrogen-bond acceptors (Lipinski definition) is 5. The molecule has 0 fully saturated rings. The summed E-state index contributed by atoms with van der Waals surface area (Å²) in [6.45, 7) is 3.35. The normalized spacial score (nSPS) is 13.4. The Balaban J connectivity index is 1.56. The van der Waals surface area contributed by atoms with Gasteiger partial charge in [-0.2, -0.15) is 0 Å². The van der Waals surface area contributed by atoms with Crippen LogP contribution in [0, 0.1) is 0 Å². The minimum absolute atomic E-state index is 0.0574. The highest BCUT2D eigenvalue weighted by Gasteiger charge is 2.25. The van der Waals surface area contributed by atoms with E-state index in [1.165, 1.54) is 0 Å². The average molecular weight is 418 g/mol. The van der Waals surface area contributed by atoms with Crippen LogP contribution >= 0.6 is 0 Å². The van der Waals surface area contributed by atoms with E-state index in [4.69, 9.17) is 9.47 Å². The molecule has 0 saturated carbocycles. The van der Waals surface area contributed by atoms with E-state index in [9.17, 15) is 9.59 Å². The zero-order valence-corrected chi connectivity index (χ0v) is 17.8. The summed E-state index contributed by atoms with van der Waals surface area (Å²) < 4.78 is 10.5. The van der Waals surface area contributed by atoms with E-state index in [2.05, 4.69) is 11.1 Å². The number of rotatable bonds is 7. The molecule has 3 aromatic rings. The van der Waals surface area contributed by atoms with Crippen LogP contribution in [0.2, 0.25) is 0 Å². The van der Waals surface area contributed by atoms with Crippen molar-refractivity contribution >= 4 is 28.2 Å². The molecule has 6 heteroatoms. The molecule has 0 aliphatic carbocycles. The number of para-hydroxylation sites is 1. The summed E-state index contributed by atoms with van der Waals surface area (Å²) in [4.78, 5) is 30.8. The Bertz CT molecular complexity index is 1130. The van der Waals surface area contributed by atoms with E-state index in [1.54, 1.807) is 38.3 Å². The standard InChI is InChI=1S/C25H26N2O4/c1-3-31-25(29)21-16-27(15-13-23(28)17-8-10-18(30-2)11-9-17)14-12-20-19-6-4-5-7-22(19)26-24(20)21/h4-11,16,26H,3,12-15H2,1-2H3. The molecular weight excluding hydrogens is 392 g/mol. The van der Waals surface area contributed by atoms with Crippen molar-refractivity contribution in [2.75, 3.05) is 26.8 Å². The third kappa shape index (κ3) is 4.33. The first-order valence-electron chi connectivity index (χ1n) is 10.5. The zero-order valence-electron chi connectivity index (χ0n) is 17.8. The van der Waals surface area contributed by atoms with Crippen molar-refractivity contribution in [2.45, 2.75) is 19.8 Å². The molecule has 1 aliphatic rings. The molecule has 0 bridgehead atoms. The second-order valence-electron chi connectivity index (χ2n) is 7.48. The van der Waals surface area contributed by atoms with Crippen LogP contribution in [0.4, 0.5) is 0 Å². The van der Waals surface area contributed by atoms with Crippen LogP contribution in [0.25, 0.3) is 16.5 Å². The Kier molecular flexibility index (Phi) is 6.07. The molecule has 160 valence electrons. The number of aromatic amines is 1. The molecule has 0 spiro atoms. The molecule has 2 aromatic carbocycles. The number of Topliss-reactive ketones (excluding diaryl/α,β-unsaturated/α-hetero) is 1. The third-order valence-electron chi connectivity index (χ3n) is 5.58. The van der Waals surface area contributed by atoms with Crippen LogP contribution in [-0.4, -0.2) is 48.4 Å². The Morgan fingerprint density at radius 1 is 1.10 bits per heavy atom. The van der Waals surface area contributed by atoms with Crippen molar-refractivity contribution in [3.05, 3.63) is 71.6 Å². The molecule has 1 aromatic heterocycles. The van der Waals surface area contributed by atoms with Gasteiger partial charge in [0.05, 0.1) is 25.0 Å². The van der Waals surface area contributed by atoms with E-state index in [-0.39, 0.29) is 11.8 Å². The summed E-state index contributed by atoms with van der Waals surface area (Å²) in [6, 6.07) is 15.2. The van der Waals surface area contributed by atoms with E-state index < -0.39 is 0 Å². The highest BCUT2D eigenvalue weighted by atomic mass is 16.5. The predicted molar refractivity (Wildman–Crippen MR) is 120 cm³/mol. The molecular formula is C25H26N2O4. The van der Waals surface area contributed by atoms with Crippen LogP contribution < -0.4 is 4.74 Å². The number of H-pyrrole nitrogens is 1. The lowest BCUT2D eigenvalue weighted by molar-refractivity contribution is -0.136. The fourth-order valence-electron chi connectivity index (χ4n) is 3.96. The van der Waals surface area contributed by atoms with Crippen molar-refractivity contribution in [3.63, 3.8) is 0 Å². The highest BCUT2D eigenvalue weighted by molar-refractivity contribution is 6.17. The van der Waals surface area contributed by atoms with E-state index in [0.29, 0.717) is 37.3 Å². The number of hydrogen-bond donors (Lipinski definition) is 1. The number of aromatic nitrogens is 1. The van der Waals surface area contributed by atoms with E-state index in [0.717, 1.165) is 34.3 Å². The first kappa shape index (κ1) is 20.7. The van der Waals surface area contributed by atoms with Gasteiger partial charge in [-0.15, -0.1) is 0 Å². The molecule has 2 heterocycles. The SMILES string of the molecule is CCOC(=O)C1=CN(CCC(=O)c2ccc(OC)cc2)CCc2c1[nH]c1ccccc21. The maximum Gasteiger partial charge on any atom is 0.341 e. The molecule has 31 heavy (non-hydrogen) atoms. The number of ether oxygens (including phenoxy) is 2. The molecule has 4 rings (SSSR count).